The summed E-state index contributed by atoms with van der Waals surface area (Å²) in [4.78, 5) is 14.2. The van der Waals surface area contributed by atoms with Gasteiger partial charge in [-0.3, -0.25) is 4.79 Å². The molecular formula is C14H23N3O3S2. The van der Waals surface area contributed by atoms with Gasteiger partial charge in [0.25, 0.3) is 0 Å². The summed E-state index contributed by atoms with van der Waals surface area (Å²) in [6.45, 7) is 2.58. The maximum absolute atomic E-state index is 12.3. The Balaban J connectivity index is 2.87. The van der Waals surface area contributed by atoms with Gasteiger partial charge in [0.2, 0.25) is 15.9 Å². The van der Waals surface area contributed by atoms with Crippen LogP contribution in [-0.2, 0) is 14.8 Å². The Morgan fingerprint density at radius 1 is 1.32 bits per heavy atom. The SMILES string of the molecule is CSc1ccc(S(=O)(=O)NCCCN(C)C)cc1NC(C)=O. The number of nitrogens with zero attached hydrogens (tertiary/aromatic N) is 1. The Morgan fingerprint density at radius 3 is 2.55 bits per heavy atom. The second-order valence-corrected chi connectivity index (χ2v) is 7.71. The van der Waals surface area contributed by atoms with Gasteiger partial charge in [-0.15, -0.1) is 11.8 Å². The van der Waals surface area contributed by atoms with Crippen LogP contribution in [0.2, 0.25) is 0 Å². The highest BCUT2D eigenvalue weighted by atomic mass is 32.2. The second kappa shape index (κ2) is 8.52. The zero-order chi connectivity index (χ0) is 16.8. The van der Waals surface area contributed by atoms with Gasteiger partial charge in [0.05, 0.1) is 10.6 Å². The molecule has 1 aromatic carbocycles. The zero-order valence-electron chi connectivity index (χ0n) is 13.3. The molecule has 1 aromatic rings. The van der Waals surface area contributed by atoms with E-state index in [9.17, 15) is 13.2 Å². The van der Waals surface area contributed by atoms with E-state index in [0.717, 1.165) is 17.9 Å². The standard InChI is InChI=1S/C14H23N3O3S2/c1-11(18)16-13-10-12(6-7-14(13)21-4)22(19,20)15-8-5-9-17(2)3/h6-7,10,15H,5,8-9H2,1-4H3,(H,16,18). The number of hydrogen-bond acceptors (Lipinski definition) is 5. The Morgan fingerprint density at radius 2 is 2.00 bits per heavy atom. The van der Waals surface area contributed by atoms with Crippen LogP contribution in [0.5, 0.6) is 0 Å². The van der Waals surface area contributed by atoms with Crippen LogP contribution in [0.15, 0.2) is 28.0 Å². The van der Waals surface area contributed by atoms with Gasteiger partial charge in [-0.1, -0.05) is 0 Å². The van der Waals surface area contributed by atoms with E-state index in [-0.39, 0.29) is 10.8 Å². The molecule has 0 aliphatic heterocycles. The molecule has 0 radical (unpaired) electrons. The van der Waals surface area contributed by atoms with Crippen LogP contribution in [0, 0.1) is 0 Å². The summed E-state index contributed by atoms with van der Waals surface area (Å²) in [6.07, 6.45) is 2.60. The molecule has 0 aliphatic carbocycles. The summed E-state index contributed by atoms with van der Waals surface area (Å²) in [5.74, 6) is -0.233. The smallest absolute Gasteiger partial charge is 0.240 e. The maximum Gasteiger partial charge on any atom is 0.240 e. The van der Waals surface area contributed by atoms with E-state index >= 15 is 0 Å². The molecule has 0 atom stereocenters. The number of sulfonamides is 1. The number of benzene rings is 1. The van der Waals surface area contributed by atoms with E-state index in [1.165, 1.54) is 24.8 Å². The first-order chi connectivity index (χ1) is 10.3. The highest BCUT2D eigenvalue weighted by Crippen LogP contribution is 2.28. The number of carbonyl (C=O) groups is 1. The number of carbonyl (C=O) groups excluding carboxylic acids is 1. The van der Waals surface area contributed by atoms with Crippen molar-refractivity contribution in [3.63, 3.8) is 0 Å². The molecule has 1 rings (SSSR count). The third-order valence-corrected chi connectivity index (χ3v) is 5.12. The summed E-state index contributed by atoms with van der Waals surface area (Å²) in [6, 6.07) is 4.73. The van der Waals surface area contributed by atoms with Gasteiger partial charge in [0, 0.05) is 18.4 Å². The van der Waals surface area contributed by atoms with Crippen LogP contribution < -0.4 is 10.0 Å². The van der Waals surface area contributed by atoms with E-state index in [1.807, 2.05) is 25.3 Å². The molecule has 8 heteroatoms. The van der Waals surface area contributed by atoms with Gasteiger partial charge >= 0.3 is 0 Å². The molecule has 0 aromatic heterocycles. The number of amides is 1. The first kappa shape index (κ1) is 19.0. The van der Waals surface area contributed by atoms with E-state index < -0.39 is 10.0 Å². The molecule has 6 nitrogen and oxygen atoms in total. The Bertz CT molecular complexity index is 616. The summed E-state index contributed by atoms with van der Waals surface area (Å²) >= 11 is 1.45. The summed E-state index contributed by atoms with van der Waals surface area (Å²) < 4.78 is 27.1. The lowest BCUT2D eigenvalue weighted by Gasteiger charge is -2.13. The van der Waals surface area contributed by atoms with Crippen molar-refractivity contribution in [2.45, 2.75) is 23.1 Å². The van der Waals surface area contributed by atoms with Crippen molar-refractivity contribution in [3.8, 4) is 0 Å². The molecule has 2 N–H and O–H groups in total. The van der Waals surface area contributed by atoms with Gasteiger partial charge in [-0.05, 0) is 51.5 Å². The fourth-order valence-electron chi connectivity index (χ4n) is 1.83. The van der Waals surface area contributed by atoms with E-state index in [1.54, 1.807) is 12.1 Å². The Hall–Kier alpha value is -1.09. The number of nitrogens with one attached hydrogen (secondary N) is 2. The monoisotopic (exact) mass is 345 g/mol. The van der Waals surface area contributed by atoms with Crippen LogP contribution in [0.4, 0.5) is 5.69 Å². The van der Waals surface area contributed by atoms with Crippen molar-refractivity contribution in [2.75, 3.05) is 38.8 Å². The zero-order valence-corrected chi connectivity index (χ0v) is 15.0. The highest BCUT2D eigenvalue weighted by Gasteiger charge is 2.16. The van der Waals surface area contributed by atoms with Crippen molar-refractivity contribution in [1.82, 2.24) is 9.62 Å². The van der Waals surface area contributed by atoms with Crippen LogP contribution in [0.1, 0.15) is 13.3 Å². The lowest BCUT2D eigenvalue weighted by atomic mass is 10.3. The van der Waals surface area contributed by atoms with Crippen LogP contribution in [0.25, 0.3) is 0 Å². The molecule has 0 fully saturated rings. The predicted molar refractivity (Wildman–Crippen MR) is 90.9 cm³/mol. The fourth-order valence-corrected chi connectivity index (χ4v) is 3.46. The van der Waals surface area contributed by atoms with Crippen molar-refractivity contribution in [3.05, 3.63) is 18.2 Å². The summed E-state index contributed by atoms with van der Waals surface area (Å²) in [5, 5.41) is 2.66. The third-order valence-electron chi connectivity index (χ3n) is 2.87. The summed E-state index contributed by atoms with van der Waals surface area (Å²) in [5.41, 5.74) is 0.510. The highest BCUT2D eigenvalue weighted by molar-refractivity contribution is 7.98. The lowest BCUT2D eigenvalue weighted by molar-refractivity contribution is -0.114. The molecule has 22 heavy (non-hydrogen) atoms. The number of thioether (sulfide) groups is 1. The maximum atomic E-state index is 12.3. The van der Waals surface area contributed by atoms with Crippen molar-refractivity contribution >= 4 is 33.4 Å². The lowest BCUT2D eigenvalue weighted by Crippen LogP contribution is -2.27. The van der Waals surface area contributed by atoms with Crippen LogP contribution in [0.3, 0.4) is 0 Å². The van der Waals surface area contributed by atoms with Crippen LogP contribution >= 0.6 is 11.8 Å². The molecule has 1 amide bonds. The molecule has 0 spiro atoms. The number of hydrogen-bond donors (Lipinski definition) is 2. The number of anilines is 1. The third kappa shape index (κ3) is 5.96. The average Bonchev–Trinajstić information content (AvgIpc) is 2.42. The molecule has 0 heterocycles. The Kier molecular flexibility index (Phi) is 7.34. The first-order valence-corrected chi connectivity index (χ1v) is 9.57. The normalized spacial score (nSPS) is 11.7. The van der Waals surface area contributed by atoms with Gasteiger partial charge in [-0.25, -0.2) is 13.1 Å². The molecule has 0 unspecified atom stereocenters. The molecular weight excluding hydrogens is 322 g/mol. The van der Waals surface area contributed by atoms with E-state index in [4.69, 9.17) is 0 Å². The van der Waals surface area contributed by atoms with Gasteiger partial charge in [-0.2, -0.15) is 0 Å². The molecule has 0 saturated carbocycles. The number of rotatable bonds is 8. The van der Waals surface area contributed by atoms with Crippen LogP contribution in [-0.4, -0.2) is 52.7 Å². The first-order valence-electron chi connectivity index (χ1n) is 6.86. The average molecular weight is 345 g/mol. The fraction of sp³-hybridized carbons (Fsp3) is 0.500. The molecule has 0 saturated heterocycles. The van der Waals surface area contributed by atoms with E-state index in [2.05, 4.69) is 10.0 Å². The molecule has 0 aliphatic rings. The largest absolute Gasteiger partial charge is 0.325 e. The minimum atomic E-state index is -3.57. The van der Waals surface area contributed by atoms with Crippen molar-refractivity contribution in [1.29, 1.82) is 0 Å². The second-order valence-electron chi connectivity index (χ2n) is 5.10. The van der Waals surface area contributed by atoms with Gasteiger partial charge in [0.1, 0.15) is 0 Å². The van der Waals surface area contributed by atoms with E-state index in [0.29, 0.717) is 12.2 Å². The van der Waals surface area contributed by atoms with Crippen molar-refractivity contribution in [2.24, 2.45) is 0 Å². The quantitative estimate of drug-likeness (QED) is 0.553. The minimum absolute atomic E-state index is 0.152. The van der Waals surface area contributed by atoms with Crippen molar-refractivity contribution < 1.29 is 13.2 Å². The van der Waals surface area contributed by atoms with Gasteiger partial charge in [0.15, 0.2) is 0 Å². The minimum Gasteiger partial charge on any atom is -0.325 e. The topological polar surface area (TPSA) is 78.5 Å². The Labute approximate surface area is 136 Å². The molecule has 0 bridgehead atoms. The summed E-state index contributed by atoms with van der Waals surface area (Å²) in [7, 11) is 0.309. The van der Waals surface area contributed by atoms with Gasteiger partial charge < -0.3 is 10.2 Å². The predicted octanol–water partition coefficient (Wildman–Crippen LogP) is 1.60. The molecule has 124 valence electrons.